The Morgan fingerprint density at radius 2 is 1.47 bits per heavy atom. The van der Waals surface area contributed by atoms with Crippen molar-refractivity contribution in [3.63, 3.8) is 0 Å². The van der Waals surface area contributed by atoms with Crippen molar-refractivity contribution in [2.45, 2.75) is 6.54 Å². The van der Waals surface area contributed by atoms with Gasteiger partial charge in [-0.05, 0) is 34.9 Å². The predicted octanol–water partition coefficient (Wildman–Crippen LogP) is 4.97. The minimum atomic E-state index is 0.920. The van der Waals surface area contributed by atoms with Crippen molar-refractivity contribution < 1.29 is 0 Å². The lowest BCUT2D eigenvalue weighted by atomic mass is 10.0. The molecule has 0 bridgehead atoms. The molecule has 0 saturated heterocycles. The average Bonchev–Trinajstić information content (AvgIpc) is 2.93. The van der Waals surface area contributed by atoms with Crippen molar-refractivity contribution in [1.82, 2.24) is 4.57 Å². The molecule has 0 N–H and O–H groups in total. The van der Waals surface area contributed by atoms with Gasteiger partial charge in [-0.2, -0.15) is 0 Å². The minimum Gasteiger partial charge on any atom is -0.350 e. The van der Waals surface area contributed by atoms with Gasteiger partial charge < -0.3 is 4.57 Å². The molecule has 94 valence electrons. The SMILES string of the molecule is Brc1ccccc1-c1ccc(Cn2cccc2)cc1. The van der Waals surface area contributed by atoms with Crippen LogP contribution in [0, 0.1) is 0 Å². The van der Waals surface area contributed by atoms with Gasteiger partial charge >= 0.3 is 0 Å². The molecule has 0 amide bonds. The molecule has 0 unspecified atom stereocenters. The third-order valence-corrected chi connectivity index (χ3v) is 3.86. The van der Waals surface area contributed by atoms with Crippen molar-refractivity contribution in [2.24, 2.45) is 0 Å². The molecule has 3 rings (SSSR count). The summed E-state index contributed by atoms with van der Waals surface area (Å²) in [6.45, 7) is 0.920. The van der Waals surface area contributed by atoms with Crippen LogP contribution in [0.3, 0.4) is 0 Å². The summed E-state index contributed by atoms with van der Waals surface area (Å²) in [5.41, 5.74) is 3.78. The van der Waals surface area contributed by atoms with E-state index in [0.29, 0.717) is 0 Å². The lowest BCUT2D eigenvalue weighted by molar-refractivity contribution is 0.806. The van der Waals surface area contributed by atoms with Crippen LogP contribution in [0.4, 0.5) is 0 Å². The van der Waals surface area contributed by atoms with Crippen LogP contribution < -0.4 is 0 Å². The van der Waals surface area contributed by atoms with E-state index in [4.69, 9.17) is 0 Å². The molecule has 19 heavy (non-hydrogen) atoms. The van der Waals surface area contributed by atoms with Crippen molar-refractivity contribution in [1.29, 1.82) is 0 Å². The van der Waals surface area contributed by atoms with Crippen LogP contribution in [-0.2, 0) is 6.54 Å². The Balaban J connectivity index is 1.85. The fourth-order valence-corrected chi connectivity index (χ4v) is 2.69. The van der Waals surface area contributed by atoms with Gasteiger partial charge in [0.1, 0.15) is 0 Å². The topological polar surface area (TPSA) is 4.93 Å². The van der Waals surface area contributed by atoms with Crippen molar-refractivity contribution >= 4 is 15.9 Å². The quantitative estimate of drug-likeness (QED) is 0.644. The highest BCUT2D eigenvalue weighted by atomic mass is 79.9. The third kappa shape index (κ3) is 2.79. The zero-order chi connectivity index (χ0) is 13.1. The van der Waals surface area contributed by atoms with E-state index >= 15 is 0 Å². The Morgan fingerprint density at radius 1 is 0.789 bits per heavy atom. The first-order valence-electron chi connectivity index (χ1n) is 6.27. The van der Waals surface area contributed by atoms with Crippen molar-refractivity contribution in [3.8, 4) is 11.1 Å². The van der Waals surface area contributed by atoms with E-state index in [1.807, 2.05) is 6.07 Å². The summed E-state index contributed by atoms with van der Waals surface area (Å²) in [6.07, 6.45) is 4.17. The fourth-order valence-electron chi connectivity index (χ4n) is 2.17. The van der Waals surface area contributed by atoms with Crippen LogP contribution in [0.15, 0.2) is 77.5 Å². The minimum absolute atomic E-state index is 0.920. The van der Waals surface area contributed by atoms with Crippen LogP contribution in [0.1, 0.15) is 5.56 Å². The smallest absolute Gasteiger partial charge is 0.0470 e. The van der Waals surface area contributed by atoms with E-state index in [-0.39, 0.29) is 0 Å². The van der Waals surface area contributed by atoms with E-state index in [0.717, 1.165) is 11.0 Å². The maximum Gasteiger partial charge on any atom is 0.0470 e. The second-order valence-corrected chi connectivity index (χ2v) is 5.39. The summed E-state index contributed by atoms with van der Waals surface area (Å²) in [5.74, 6) is 0. The Bertz CT molecular complexity index is 654. The van der Waals surface area contributed by atoms with Crippen molar-refractivity contribution in [3.05, 3.63) is 83.1 Å². The monoisotopic (exact) mass is 311 g/mol. The lowest BCUT2D eigenvalue weighted by Gasteiger charge is -2.07. The summed E-state index contributed by atoms with van der Waals surface area (Å²) >= 11 is 3.60. The molecule has 0 spiro atoms. The van der Waals surface area contributed by atoms with Gasteiger partial charge in [0.05, 0.1) is 0 Å². The van der Waals surface area contributed by atoms with E-state index in [2.05, 4.69) is 87.5 Å². The van der Waals surface area contributed by atoms with E-state index in [9.17, 15) is 0 Å². The zero-order valence-electron chi connectivity index (χ0n) is 10.5. The maximum absolute atomic E-state index is 3.60. The molecular weight excluding hydrogens is 298 g/mol. The second-order valence-electron chi connectivity index (χ2n) is 4.53. The van der Waals surface area contributed by atoms with Gasteiger partial charge in [0, 0.05) is 23.4 Å². The first-order valence-corrected chi connectivity index (χ1v) is 7.07. The van der Waals surface area contributed by atoms with Gasteiger partial charge in [0.15, 0.2) is 0 Å². The molecule has 2 heteroatoms. The number of nitrogens with zero attached hydrogens (tertiary/aromatic N) is 1. The summed E-state index contributed by atoms with van der Waals surface area (Å²) in [7, 11) is 0. The van der Waals surface area contributed by atoms with Gasteiger partial charge in [-0.1, -0.05) is 58.4 Å². The molecule has 1 nitrogen and oxygen atoms in total. The summed E-state index contributed by atoms with van der Waals surface area (Å²) < 4.78 is 3.31. The molecule has 0 fully saturated rings. The molecule has 0 saturated carbocycles. The molecule has 0 aliphatic rings. The van der Waals surface area contributed by atoms with Crippen LogP contribution in [0.2, 0.25) is 0 Å². The molecule has 2 aromatic carbocycles. The molecule has 0 atom stereocenters. The highest BCUT2D eigenvalue weighted by molar-refractivity contribution is 9.10. The number of rotatable bonds is 3. The number of hydrogen-bond acceptors (Lipinski definition) is 0. The largest absolute Gasteiger partial charge is 0.350 e. The Morgan fingerprint density at radius 3 is 2.16 bits per heavy atom. The number of hydrogen-bond donors (Lipinski definition) is 0. The second kappa shape index (κ2) is 5.45. The molecule has 0 aliphatic carbocycles. The number of benzene rings is 2. The predicted molar refractivity (Wildman–Crippen MR) is 83.1 cm³/mol. The summed E-state index contributed by atoms with van der Waals surface area (Å²) in [4.78, 5) is 0. The van der Waals surface area contributed by atoms with Crippen molar-refractivity contribution in [2.75, 3.05) is 0 Å². The Labute approximate surface area is 121 Å². The fraction of sp³-hybridized carbons (Fsp3) is 0.0588. The van der Waals surface area contributed by atoms with Crippen LogP contribution in [-0.4, -0.2) is 4.57 Å². The molecule has 3 aromatic rings. The van der Waals surface area contributed by atoms with E-state index < -0.39 is 0 Å². The summed E-state index contributed by atoms with van der Waals surface area (Å²) in [5, 5.41) is 0. The lowest BCUT2D eigenvalue weighted by Crippen LogP contribution is -1.95. The van der Waals surface area contributed by atoms with Gasteiger partial charge in [-0.15, -0.1) is 0 Å². The summed E-state index contributed by atoms with van der Waals surface area (Å²) in [6, 6.07) is 21.1. The zero-order valence-corrected chi connectivity index (χ0v) is 12.0. The third-order valence-electron chi connectivity index (χ3n) is 3.17. The van der Waals surface area contributed by atoms with Crippen LogP contribution in [0.25, 0.3) is 11.1 Å². The maximum atomic E-state index is 3.60. The standard InChI is InChI=1S/C17H14BrN/c18-17-6-2-1-5-16(17)15-9-7-14(8-10-15)13-19-11-3-4-12-19/h1-12H,13H2. The van der Waals surface area contributed by atoms with Gasteiger partial charge in [-0.3, -0.25) is 0 Å². The van der Waals surface area contributed by atoms with Gasteiger partial charge in [0.25, 0.3) is 0 Å². The van der Waals surface area contributed by atoms with Gasteiger partial charge in [0.2, 0.25) is 0 Å². The molecule has 0 aliphatic heterocycles. The Kier molecular flexibility index (Phi) is 3.51. The first kappa shape index (κ1) is 12.2. The molecule has 0 radical (unpaired) electrons. The van der Waals surface area contributed by atoms with E-state index in [1.165, 1.54) is 16.7 Å². The van der Waals surface area contributed by atoms with E-state index in [1.54, 1.807) is 0 Å². The number of halogens is 1. The molecule has 1 heterocycles. The van der Waals surface area contributed by atoms with Crippen LogP contribution >= 0.6 is 15.9 Å². The van der Waals surface area contributed by atoms with Gasteiger partial charge in [-0.25, -0.2) is 0 Å². The highest BCUT2D eigenvalue weighted by Gasteiger charge is 2.02. The Hall–Kier alpha value is -1.80. The highest BCUT2D eigenvalue weighted by Crippen LogP contribution is 2.27. The first-order chi connectivity index (χ1) is 9.33. The molecular formula is C17H14BrN. The average molecular weight is 312 g/mol. The van der Waals surface area contributed by atoms with Crippen LogP contribution in [0.5, 0.6) is 0 Å². The molecule has 1 aromatic heterocycles. The number of aromatic nitrogens is 1. The normalized spacial score (nSPS) is 10.6.